The predicted octanol–water partition coefficient (Wildman–Crippen LogP) is 2.48. The number of nitrogens with one attached hydrogen (secondary N) is 2. The molecule has 2 heterocycles. The molecule has 0 aromatic carbocycles. The maximum absolute atomic E-state index is 4.51. The van der Waals surface area contributed by atoms with Crippen LogP contribution in [0.25, 0.3) is 0 Å². The summed E-state index contributed by atoms with van der Waals surface area (Å²) < 4.78 is 2.14. The fourth-order valence-electron chi connectivity index (χ4n) is 1.90. The van der Waals surface area contributed by atoms with Gasteiger partial charge in [-0.1, -0.05) is 13.3 Å². The number of H-pyrrole nitrogens is 1. The van der Waals surface area contributed by atoms with Gasteiger partial charge in [0.1, 0.15) is 0 Å². The second-order valence-electron chi connectivity index (χ2n) is 4.63. The van der Waals surface area contributed by atoms with Gasteiger partial charge in [0.05, 0.1) is 18.4 Å². The van der Waals surface area contributed by atoms with E-state index in [1.807, 2.05) is 20.0 Å². The molecule has 0 atom stereocenters. The molecule has 0 saturated heterocycles. The van der Waals surface area contributed by atoms with Crippen LogP contribution < -0.4 is 5.32 Å². The summed E-state index contributed by atoms with van der Waals surface area (Å²) >= 11 is 0. The van der Waals surface area contributed by atoms with Gasteiger partial charge in [0.2, 0.25) is 5.95 Å². The van der Waals surface area contributed by atoms with E-state index in [-0.39, 0.29) is 0 Å². The van der Waals surface area contributed by atoms with Crippen molar-refractivity contribution in [1.29, 1.82) is 0 Å². The molecule has 2 N–H and O–H groups in total. The summed E-state index contributed by atoms with van der Waals surface area (Å²) in [5.74, 6) is 0.946. The van der Waals surface area contributed by atoms with Crippen LogP contribution in [0.3, 0.4) is 0 Å². The number of hydrogen-bond donors (Lipinski definition) is 2. The van der Waals surface area contributed by atoms with Gasteiger partial charge in [0.15, 0.2) is 0 Å². The summed E-state index contributed by atoms with van der Waals surface area (Å²) in [5.41, 5.74) is 3.35. The first-order valence-electron chi connectivity index (χ1n) is 6.47. The molecule has 2 aromatic heterocycles. The van der Waals surface area contributed by atoms with Gasteiger partial charge in [-0.05, 0) is 20.3 Å². The summed E-state index contributed by atoms with van der Waals surface area (Å²) in [5, 5.41) is 10.4. The second-order valence-corrected chi connectivity index (χ2v) is 4.63. The van der Waals surface area contributed by atoms with Gasteiger partial charge < -0.3 is 9.88 Å². The van der Waals surface area contributed by atoms with Gasteiger partial charge >= 0.3 is 0 Å². The average Bonchev–Trinajstić information content (AvgIpc) is 2.88. The number of nitrogens with zero attached hydrogens (tertiary/aromatic N) is 3. The van der Waals surface area contributed by atoms with Crippen LogP contribution in [-0.4, -0.2) is 26.3 Å². The van der Waals surface area contributed by atoms with Crippen molar-refractivity contribution in [2.75, 3.05) is 11.9 Å². The molecule has 0 spiro atoms. The summed E-state index contributed by atoms with van der Waals surface area (Å²) in [6.07, 6.45) is 6.30. The Bertz CT molecular complexity index is 497. The molecule has 0 bridgehead atoms. The van der Waals surface area contributed by atoms with E-state index in [9.17, 15) is 0 Å². The van der Waals surface area contributed by atoms with Crippen molar-refractivity contribution >= 4 is 5.95 Å². The molecule has 0 aliphatic heterocycles. The van der Waals surface area contributed by atoms with Crippen LogP contribution in [-0.2, 0) is 6.54 Å². The Labute approximate surface area is 108 Å². The van der Waals surface area contributed by atoms with Gasteiger partial charge in [-0.15, -0.1) is 0 Å². The Morgan fingerprint density at radius 2 is 2.22 bits per heavy atom. The number of imidazole rings is 1. The molecule has 18 heavy (non-hydrogen) atoms. The van der Waals surface area contributed by atoms with E-state index in [4.69, 9.17) is 0 Å². The zero-order chi connectivity index (χ0) is 13.0. The van der Waals surface area contributed by atoms with Gasteiger partial charge in [-0.2, -0.15) is 5.10 Å². The minimum Gasteiger partial charge on any atom is -0.356 e. The first-order valence-corrected chi connectivity index (χ1v) is 6.47. The standard InChI is InChI=1S/C13H21N5/c1-4-5-6-14-13-16-10(2)8-18(13)9-12-7-15-17-11(12)3/h7-8H,4-6,9H2,1-3H3,(H,14,16)(H,15,17). The van der Waals surface area contributed by atoms with Crippen LogP contribution in [0.4, 0.5) is 5.95 Å². The lowest BCUT2D eigenvalue weighted by Crippen LogP contribution is -2.09. The third kappa shape index (κ3) is 2.91. The molecular formula is C13H21N5. The Morgan fingerprint density at radius 3 is 2.89 bits per heavy atom. The highest BCUT2D eigenvalue weighted by Crippen LogP contribution is 2.13. The Balaban J connectivity index is 2.09. The highest BCUT2D eigenvalue weighted by molar-refractivity contribution is 5.30. The van der Waals surface area contributed by atoms with Crippen LogP contribution in [0.1, 0.15) is 36.7 Å². The van der Waals surface area contributed by atoms with Crippen LogP contribution >= 0.6 is 0 Å². The third-order valence-electron chi connectivity index (χ3n) is 2.99. The minimum atomic E-state index is 0.803. The molecule has 0 unspecified atom stereocenters. The number of rotatable bonds is 6. The summed E-state index contributed by atoms with van der Waals surface area (Å²) in [6, 6.07) is 0. The highest BCUT2D eigenvalue weighted by atomic mass is 15.2. The van der Waals surface area contributed by atoms with E-state index in [0.29, 0.717) is 0 Å². The zero-order valence-corrected chi connectivity index (χ0v) is 11.3. The average molecular weight is 247 g/mol. The maximum Gasteiger partial charge on any atom is 0.203 e. The summed E-state index contributed by atoms with van der Waals surface area (Å²) in [4.78, 5) is 4.51. The second kappa shape index (κ2) is 5.71. The molecule has 0 aliphatic rings. The highest BCUT2D eigenvalue weighted by Gasteiger charge is 2.07. The Morgan fingerprint density at radius 1 is 1.39 bits per heavy atom. The lowest BCUT2D eigenvalue weighted by Gasteiger charge is -2.08. The molecule has 98 valence electrons. The predicted molar refractivity (Wildman–Crippen MR) is 72.8 cm³/mol. The third-order valence-corrected chi connectivity index (χ3v) is 2.99. The molecule has 5 heteroatoms. The normalized spacial score (nSPS) is 10.8. The van der Waals surface area contributed by atoms with E-state index < -0.39 is 0 Å². The quantitative estimate of drug-likeness (QED) is 0.771. The van der Waals surface area contributed by atoms with Crippen LogP contribution in [0.5, 0.6) is 0 Å². The summed E-state index contributed by atoms with van der Waals surface area (Å²) in [6.45, 7) is 8.02. The molecule has 0 aliphatic carbocycles. The smallest absolute Gasteiger partial charge is 0.203 e. The van der Waals surface area contributed by atoms with Crippen molar-refractivity contribution in [3.05, 3.63) is 29.3 Å². The van der Waals surface area contributed by atoms with Gasteiger partial charge in [-0.3, -0.25) is 5.10 Å². The largest absolute Gasteiger partial charge is 0.356 e. The zero-order valence-electron chi connectivity index (χ0n) is 11.3. The van der Waals surface area contributed by atoms with Gasteiger partial charge in [0, 0.05) is 24.0 Å². The Hall–Kier alpha value is -1.78. The number of aromatic amines is 1. The molecule has 2 rings (SSSR count). The number of hydrogen-bond acceptors (Lipinski definition) is 3. The van der Waals surface area contributed by atoms with Crippen LogP contribution in [0.2, 0.25) is 0 Å². The molecule has 5 nitrogen and oxygen atoms in total. The fourth-order valence-corrected chi connectivity index (χ4v) is 1.90. The molecule has 2 aromatic rings. The monoisotopic (exact) mass is 247 g/mol. The first kappa shape index (κ1) is 12.7. The molecular weight excluding hydrogens is 226 g/mol. The topological polar surface area (TPSA) is 58.5 Å². The van der Waals surface area contributed by atoms with Crippen LogP contribution in [0, 0.1) is 13.8 Å². The van der Waals surface area contributed by atoms with Crippen molar-refractivity contribution in [2.45, 2.75) is 40.2 Å². The van der Waals surface area contributed by atoms with E-state index >= 15 is 0 Å². The van der Waals surface area contributed by atoms with E-state index in [2.05, 4.69) is 38.2 Å². The molecule has 0 fully saturated rings. The van der Waals surface area contributed by atoms with E-state index in [1.54, 1.807) is 0 Å². The van der Waals surface area contributed by atoms with Crippen LogP contribution in [0.15, 0.2) is 12.4 Å². The number of aromatic nitrogens is 4. The SMILES string of the molecule is CCCCNc1nc(C)cn1Cc1cn[nH]c1C. The first-order chi connectivity index (χ1) is 8.70. The van der Waals surface area contributed by atoms with Gasteiger partial charge in [-0.25, -0.2) is 4.98 Å². The molecule has 0 saturated carbocycles. The fraction of sp³-hybridized carbons (Fsp3) is 0.538. The minimum absolute atomic E-state index is 0.803. The number of unbranched alkanes of at least 4 members (excludes halogenated alkanes) is 1. The molecule has 0 amide bonds. The lowest BCUT2D eigenvalue weighted by molar-refractivity contribution is 0.772. The van der Waals surface area contributed by atoms with E-state index in [1.165, 1.54) is 12.0 Å². The van der Waals surface area contributed by atoms with Crippen molar-refractivity contribution in [2.24, 2.45) is 0 Å². The lowest BCUT2D eigenvalue weighted by atomic mass is 10.2. The van der Waals surface area contributed by atoms with Crippen molar-refractivity contribution in [3.63, 3.8) is 0 Å². The number of aryl methyl sites for hydroxylation is 2. The van der Waals surface area contributed by atoms with Gasteiger partial charge in [0.25, 0.3) is 0 Å². The van der Waals surface area contributed by atoms with Crippen molar-refractivity contribution in [1.82, 2.24) is 19.7 Å². The van der Waals surface area contributed by atoms with E-state index in [0.717, 1.165) is 36.8 Å². The maximum atomic E-state index is 4.51. The van der Waals surface area contributed by atoms with Crippen molar-refractivity contribution < 1.29 is 0 Å². The number of anilines is 1. The van der Waals surface area contributed by atoms with Crippen molar-refractivity contribution in [3.8, 4) is 0 Å². The Kier molecular flexibility index (Phi) is 4.02. The molecule has 0 radical (unpaired) electrons. The summed E-state index contributed by atoms with van der Waals surface area (Å²) in [7, 11) is 0.